The number of rotatable bonds is 4. The molecule has 0 saturated heterocycles. The van der Waals surface area contributed by atoms with E-state index in [-0.39, 0.29) is 22.0 Å². The molecule has 0 saturated carbocycles. The first-order chi connectivity index (χ1) is 8.17. The summed E-state index contributed by atoms with van der Waals surface area (Å²) in [5.74, 6) is 0.212. The predicted molar refractivity (Wildman–Crippen MR) is 76.2 cm³/mol. The summed E-state index contributed by atoms with van der Waals surface area (Å²) in [5.41, 5.74) is 0. The number of sulfonamides is 1. The van der Waals surface area contributed by atoms with Crippen molar-refractivity contribution in [1.82, 2.24) is 9.29 Å². The van der Waals surface area contributed by atoms with Gasteiger partial charge in [-0.2, -0.15) is 4.31 Å². The van der Waals surface area contributed by atoms with E-state index in [1.165, 1.54) is 16.6 Å². The lowest BCUT2D eigenvalue weighted by Gasteiger charge is -2.27. The van der Waals surface area contributed by atoms with Gasteiger partial charge in [0, 0.05) is 23.8 Å². The molecule has 0 aliphatic heterocycles. The van der Waals surface area contributed by atoms with E-state index in [1.807, 2.05) is 20.8 Å². The first kappa shape index (κ1) is 15.9. The summed E-state index contributed by atoms with van der Waals surface area (Å²) in [6, 6.07) is 1.35. The van der Waals surface area contributed by atoms with Crippen LogP contribution in [0.25, 0.3) is 0 Å². The molecule has 0 spiro atoms. The molecule has 4 nitrogen and oxygen atoms in total. The van der Waals surface area contributed by atoms with Gasteiger partial charge in [-0.05, 0) is 34.8 Å². The van der Waals surface area contributed by atoms with Gasteiger partial charge in [0.05, 0.1) is 0 Å². The van der Waals surface area contributed by atoms with Gasteiger partial charge in [-0.1, -0.05) is 25.4 Å². The minimum Gasteiger partial charge on any atom is -0.242 e. The normalized spacial score (nSPS) is 14.2. The SMILES string of the molecule is CC(C)C(C)N(C)S(=O)(=O)c1cc(Br)cnc1Cl. The average Bonchev–Trinajstić information content (AvgIpc) is 2.29. The number of halogens is 2. The van der Waals surface area contributed by atoms with Crippen LogP contribution in [-0.4, -0.2) is 30.8 Å². The average molecular weight is 356 g/mol. The summed E-state index contributed by atoms with van der Waals surface area (Å²) >= 11 is 9.07. The van der Waals surface area contributed by atoms with E-state index in [4.69, 9.17) is 11.6 Å². The van der Waals surface area contributed by atoms with Crippen LogP contribution in [0, 0.1) is 5.92 Å². The number of aromatic nitrogens is 1. The lowest BCUT2D eigenvalue weighted by Crippen LogP contribution is -2.38. The van der Waals surface area contributed by atoms with Gasteiger partial charge in [0.15, 0.2) is 0 Å². The first-order valence-electron chi connectivity index (χ1n) is 5.47. The van der Waals surface area contributed by atoms with E-state index in [2.05, 4.69) is 20.9 Å². The van der Waals surface area contributed by atoms with Crippen LogP contribution in [0.15, 0.2) is 21.6 Å². The lowest BCUT2D eigenvalue weighted by molar-refractivity contribution is 0.315. The Hall–Kier alpha value is -0.170. The zero-order valence-electron chi connectivity index (χ0n) is 10.7. The van der Waals surface area contributed by atoms with Crippen LogP contribution in [0.1, 0.15) is 20.8 Å². The Morgan fingerprint density at radius 2 is 1.94 bits per heavy atom. The van der Waals surface area contributed by atoms with Crippen LogP contribution in [0.2, 0.25) is 5.15 Å². The van der Waals surface area contributed by atoms with Crippen LogP contribution >= 0.6 is 27.5 Å². The highest BCUT2D eigenvalue weighted by Gasteiger charge is 2.29. The van der Waals surface area contributed by atoms with Crippen LogP contribution in [-0.2, 0) is 10.0 Å². The van der Waals surface area contributed by atoms with Crippen LogP contribution in [0.5, 0.6) is 0 Å². The Balaban J connectivity index is 3.25. The molecule has 0 aliphatic rings. The second-order valence-corrected chi connectivity index (χ2v) is 7.69. The third-order valence-electron chi connectivity index (χ3n) is 2.97. The summed E-state index contributed by atoms with van der Waals surface area (Å²) in [6.45, 7) is 5.80. The Morgan fingerprint density at radius 3 is 2.44 bits per heavy atom. The second-order valence-electron chi connectivity index (χ2n) is 4.45. The first-order valence-corrected chi connectivity index (χ1v) is 8.08. The zero-order valence-corrected chi connectivity index (χ0v) is 13.8. The third kappa shape index (κ3) is 3.23. The minimum atomic E-state index is -3.63. The van der Waals surface area contributed by atoms with Gasteiger partial charge in [0.2, 0.25) is 10.0 Å². The largest absolute Gasteiger partial charge is 0.246 e. The highest BCUT2D eigenvalue weighted by Crippen LogP contribution is 2.27. The van der Waals surface area contributed by atoms with Crippen molar-refractivity contribution in [3.8, 4) is 0 Å². The maximum atomic E-state index is 12.4. The quantitative estimate of drug-likeness (QED) is 0.780. The standard InChI is InChI=1S/C11H16BrClN2O2S/c1-7(2)8(3)15(4)18(16,17)10-5-9(12)6-14-11(10)13/h5-8H,1-4H3. The molecule has 1 heterocycles. The second kappa shape index (κ2) is 5.86. The molecule has 1 aromatic rings. The van der Waals surface area contributed by atoms with E-state index in [9.17, 15) is 8.42 Å². The molecule has 1 atom stereocenters. The van der Waals surface area contributed by atoms with Gasteiger partial charge < -0.3 is 0 Å². The Kier molecular flexibility index (Phi) is 5.17. The topological polar surface area (TPSA) is 50.3 Å². The van der Waals surface area contributed by atoms with Gasteiger partial charge >= 0.3 is 0 Å². The van der Waals surface area contributed by atoms with E-state index < -0.39 is 10.0 Å². The third-order valence-corrected chi connectivity index (χ3v) is 5.77. The number of hydrogen-bond donors (Lipinski definition) is 0. The van der Waals surface area contributed by atoms with E-state index in [0.29, 0.717) is 4.47 Å². The molecular formula is C11H16BrClN2O2S. The highest BCUT2D eigenvalue weighted by molar-refractivity contribution is 9.10. The fraction of sp³-hybridized carbons (Fsp3) is 0.545. The summed E-state index contributed by atoms with van der Waals surface area (Å²) in [4.78, 5) is 3.87. The summed E-state index contributed by atoms with van der Waals surface area (Å²) in [6.07, 6.45) is 1.47. The van der Waals surface area contributed by atoms with Crippen molar-refractivity contribution in [3.63, 3.8) is 0 Å². The number of hydrogen-bond acceptors (Lipinski definition) is 3. The maximum absolute atomic E-state index is 12.4. The molecular weight excluding hydrogens is 340 g/mol. The van der Waals surface area contributed by atoms with Crippen molar-refractivity contribution in [2.75, 3.05) is 7.05 Å². The van der Waals surface area contributed by atoms with Crippen molar-refractivity contribution in [3.05, 3.63) is 21.9 Å². The Labute approximate surface area is 122 Å². The van der Waals surface area contributed by atoms with Gasteiger partial charge in [-0.15, -0.1) is 0 Å². The van der Waals surface area contributed by atoms with E-state index in [1.54, 1.807) is 7.05 Å². The zero-order chi connectivity index (χ0) is 14.1. The minimum absolute atomic E-state index is 0.0130. The van der Waals surface area contributed by atoms with E-state index >= 15 is 0 Å². The molecule has 0 fully saturated rings. The maximum Gasteiger partial charge on any atom is 0.246 e. The molecule has 0 radical (unpaired) electrons. The smallest absolute Gasteiger partial charge is 0.242 e. The van der Waals surface area contributed by atoms with Crippen molar-refractivity contribution < 1.29 is 8.42 Å². The summed E-state index contributed by atoms with van der Waals surface area (Å²) in [5, 5.41) is -0.0130. The van der Waals surface area contributed by atoms with Crippen molar-refractivity contribution in [2.24, 2.45) is 5.92 Å². The molecule has 0 bridgehead atoms. The number of nitrogens with zero attached hydrogens (tertiary/aromatic N) is 2. The Bertz CT molecular complexity index is 534. The predicted octanol–water partition coefficient (Wildman–Crippen LogP) is 3.16. The van der Waals surface area contributed by atoms with Crippen LogP contribution in [0.4, 0.5) is 0 Å². The number of pyridine rings is 1. The van der Waals surface area contributed by atoms with Crippen LogP contribution in [0.3, 0.4) is 0 Å². The molecule has 0 aliphatic carbocycles. The molecule has 18 heavy (non-hydrogen) atoms. The summed E-state index contributed by atoms with van der Waals surface area (Å²) in [7, 11) is -2.07. The molecule has 1 rings (SSSR count). The molecule has 102 valence electrons. The molecule has 7 heteroatoms. The molecule has 0 aromatic carbocycles. The van der Waals surface area contributed by atoms with E-state index in [0.717, 1.165) is 0 Å². The summed E-state index contributed by atoms with van der Waals surface area (Å²) < 4.78 is 26.8. The fourth-order valence-corrected chi connectivity index (χ4v) is 3.79. The monoisotopic (exact) mass is 354 g/mol. The fourth-order valence-electron chi connectivity index (χ4n) is 1.38. The molecule has 1 aromatic heterocycles. The van der Waals surface area contributed by atoms with Gasteiger partial charge in [-0.25, -0.2) is 13.4 Å². The van der Waals surface area contributed by atoms with Crippen molar-refractivity contribution in [2.45, 2.75) is 31.7 Å². The Morgan fingerprint density at radius 1 is 1.39 bits per heavy atom. The molecule has 0 N–H and O–H groups in total. The van der Waals surface area contributed by atoms with Gasteiger partial charge in [0.1, 0.15) is 10.0 Å². The van der Waals surface area contributed by atoms with Gasteiger partial charge in [0.25, 0.3) is 0 Å². The van der Waals surface area contributed by atoms with Crippen molar-refractivity contribution >= 4 is 37.6 Å². The van der Waals surface area contributed by atoms with Gasteiger partial charge in [-0.3, -0.25) is 0 Å². The molecule has 1 unspecified atom stereocenters. The molecule has 0 amide bonds. The van der Waals surface area contributed by atoms with Crippen LogP contribution < -0.4 is 0 Å². The highest BCUT2D eigenvalue weighted by atomic mass is 79.9. The lowest BCUT2D eigenvalue weighted by atomic mass is 10.1. The van der Waals surface area contributed by atoms with Crippen molar-refractivity contribution in [1.29, 1.82) is 0 Å².